The summed E-state index contributed by atoms with van der Waals surface area (Å²) < 4.78 is 5.30. The van der Waals surface area contributed by atoms with Crippen molar-refractivity contribution < 1.29 is 9.53 Å². The molecule has 2 unspecified atom stereocenters. The molecule has 0 bridgehead atoms. The van der Waals surface area contributed by atoms with Crippen molar-refractivity contribution >= 4 is 17.4 Å². The van der Waals surface area contributed by atoms with Crippen molar-refractivity contribution in [3.63, 3.8) is 0 Å². The number of Topliss-reactive ketones (excluding diaryl/α,β-unsaturated/α-hetero) is 1. The van der Waals surface area contributed by atoms with Crippen LogP contribution >= 0.6 is 11.6 Å². The molecule has 2 atom stereocenters. The molecule has 4 heteroatoms. The zero-order valence-corrected chi connectivity index (χ0v) is 12.7. The van der Waals surface area contributed by atoms with Gasteiger partial charge in [-0.3, -0.25) is 4.79 Å². The lowest BCUT2D eigenvalue weighted by Crippen LogP contribution is -2.35. The monoisotopic (exact) mass is 295 g/mol. The molecule has 2 N–H and O–H groups in total. The molecule has 1 saturated carbocycles. The third-order valence-electron chi connectivity index (χ3n) is 4.09. The van der Waals surface area contributed by atoms with Gasteiger partial charge in [-0.25, -0.2) is 0 Å². The first-order valence-electron chi connectivity index (χ1n) is 7.22. The molecule has 1 aromatic carbocycles. The standard InChI is InChI=1S/C16H22ClNO2/c1-20-16-8-7-12(17)9-11(16)10-15(19)13-5-3-2-4-6-14(13)18/h7-9,13-14H,2-6,10,18H2,1H3. The molecule has 1 fully saturated rings. The number of hydrogen-bond acceptors (Lipinski definition) is 3. The van der Waals surface area contributed by atoms with E-state index in [1.54, 1.807) is 25.3 Å². The van der Waals surface area contributed by atoms with E-state index in [-0.39, 0.29) is 17.7 Å². The van der Waals surface area contributed by atoms with Crippen molar-refractivity contribution in [3.05, 3.63) is 28.8 Å². The Hall–Kier alpha value is -1.06. The number of ether oxygens (including phenoxy) is 1. The van der Waals surface area contributed by atoms with Crippen LogP contribution in [0.2, 0.25) is 5.02 Å². The molecule has 20 heavy (non-hydrogen) atoms. The van der Waals surface area contributed by atoms with E-state index in [4.69, 9.17) is 22.1 Å². The van der Waals surface area contributed by atoms with Crippen molar-refractivity contribution in [1.82, 2.24) is 0 Å². The molecule has 3 nitrogen and oxygen atoms in total. The van der Waals surface area contributed by atoms with Gasteiger partial charge in [-0.2, -0.15) is 0 Å². The number of ketones is 1. The Bertz CT molecular complexity index is 476. The lowest BCUT2D eigenvalue weighted by atomic mass is 9.88. The predicted molar refractivity (Wildman–Crippen MR) is 81.3 cm³/mol. The Morgan fingerprint density at radius 3 is 2.85 bits per heavy atom. The maximum absolute atomic E-state index is 12.5. The number of nitrogens with two attached hydrogens (primary N) is 1. The van der Waals surface area contributed by atoms with Gasteiger partial charge in [-0.05, 0) is 31.0 Å². The molecule has 0 saturated heterocycles. The van der Waals surface area contributed by atoms with Crippen LogP contribution < -0.4 is 10.5 Å². The van der Waals surface area contributed by atoms with E-state index in [1.807, 2.05) is 0 Å². The van der Waals surface area contributed by atoms with Gasteiger partial charge in [0.05, 0.1) is 7.11 Å². The maximum atomic E-state index is 12.5. The van der Waals surface area contributed by atoms with Gasteiger partial charge in [-0.15, -0.1) is 0 Å². The van der Waals surface area contributed by atoms with Gasteiger partial charge in [0, 0.05) is 29.0 Å². The first kappa shape index (κ1) is 15.3. The van der Waals surface area contributed by atoms with Crippen molar-refractivity contribution in [2.24, 2.45) is 11.7 Å². The van der Waals surface area contributed by atoms with Crippen LogP contribution in [0.5, 0.6) is 5.75 Å². The summed E-state index contributed by atoms with van der Waals surface area (Å²) in [5, 5.41) is 0.624. The highest BCUT2D eigenvalue weighted by Crippen LogP contribution is 2.27. The zero-order chi connectivity index (χ0) is 14.5. The fourth-order valence-electron chi connectivity index (χ4n) is 2.94. The smallest absolute Gasteiger partial charge is 0.142 e. The molecule has 1 aromatic rings. The van der Waals surface area contributed by atoms with E-state index in [0.717, 1.165) is 31.2 Å². The van der Waals surface area contributed by atoms with Crippen LogP contribution in [0.15, 0.2) is 18.2 Å². The van der Waals surface area contributed by atoms with Crippen LogP contribution in [0.3, 0.4) is 0 Å². The van der Waals surface area contributed by atoms with Gasteiger partial charge >= 0.3 is 0 Å². The fourth-order valence-corrected chi connectivity index (χ4v) is 3.13. The molecule has 110 valence electrons. The summed E-state index contributed by atoms with van der Waals surface area (Å²) in [4.78, 5) is 12.5. The average Bonchev–Trinajstić information content (AvgIpc) is 2.63. The van der Waals surface area contributed by atoms with Crippen molar-refractivity contribution in [3.8, 4) is 5.75 Å². The van der Waals surface area contributed by atoms with E-state index in [1.165, 1.54) is 6.42 Å². The van der Waals surface area contributed by atoms with E-state index in [0.29, 0.717) is 17.2 Å². The van der Waals surface area contributed by atoms with Crippen LogP contribution in [0.4, 0.5) is 0 Å². The highest BCUT2D eigenvalue weighted by atomic mass is 35.5. The molecule has 0 heterocycles. The van der Waals surface area contributed by atoms with Gasteiger partial charge in [0.1, 0.15) is 11.5 Å². The zero-order valence-electron chi connectivity index (χ0n) is 11.9. The highest BCUT2D eigenvalue weighted by molar-refractivity contribution is 6.30. The summed E-state index contributed by atoms with van der Waals surface area (Å²) in [6, 6.07) is 5.37. The Morgan fingerprint density at radius 1 is 1.35 bits per heavy atom. The van der Waals surface area contributed by atoms with Crippen LogP contribution in [0, 0.1) is 5.92 Å². The molecular weight excluding hydrogens is 274 g/mol. The van der Waals surface area contributed by atoms with E-state index >= 15 is 0 Å². The topological polar surface area (TPSA) is 52.3 Å². The van der Waals surface area contributed by atoms with Gasteiger partial charge < -0.3 is 10.5 Å². The lowest BCUT2D eigenvalue weighted by molar-refractivity contribution is -0.123. The second-order valence-corrected chi connectivity index (χ2v) is 5.94. The second kappa shape index (κ2) is 7.09. The minimum atomic E-state index is -0.0267. The van der Waals surface area contributed by atoms with Crippen LogP contribution in [0.1, 0.15) is 37.7 Å². The Morgan fingerprint density at radius 2 is 2.10 bits per heavy atom. The normalized spacial score (nSPS) is 23.1. The van der Waals surface area contributed by atoms with E-state index < -0.39 is 0 Å². The van der Waals surface area contributed by atoms with Gasteiger partial charge in [0.15, 0.2) is 0 Å². The van der Waals surface area contributed by atoms with Crippen LogP contribution in [-0.4, -0.2) is 18.9 Å². The summed E-state index contributed by atoms with van der Waals surface area (Å²) in [7, 11) is 1.61. The Balaban J connectivity index is 2.12. The van der Waals surface area contributed by atoms with Crippen molar-refractivity contribution in [2.45, 2.75) is 44.6 Å². The van der Waals surface area contributed by atoms with Gasteiger partial charge in [0.2, 0.25) is 0 Å². The summed E-state index contributed by atoms with van der Waals surface area (Å²) in [5.74, 6) is 0.895. The Labute approximate surface area is 125 Å². The number of carbonyl (C=O) groups excluding carboxylic acids is 1. The van der Waals surface area contributed by atoms with E-state index in [9.17, 15) is 4.79 Å². The first-order chi connectivity index (χ1) is 9.61. The molecule has 0 spiro atoms. The van der Waals surface area contributed by atoms with Crippen molar-refractivity contribution in [1.29, 1.82) is 0 Å². The second-order valence-electron chi connectivity index (χ2n) is 5.51. The minimum Gasteiger partial charge on any atom is -0.496 e. The first-order valence-corrected chi connectivity index (χ1v) is 7.60. The van der Waals surface area contributed by atoms with Gasteiger partial charge in [0.25, 0.3) is 0 Å². The van der Waals surface area contributed by atoms with Crippen molar-refractivity contribution in [2.75, 3.05) is 7.11 Å². The fraction of sp³-hybridized carbons (Fsp3) is 0.562. The number of carbonyl (C=O) groups is 1. The SMILES string of the molecule is COc1ccc(Cl)cc1CC(=O)C1CCCCCC1N. The molecule has 0 radical (unpaired) electrons. The lowest BCUT2D eigenvalue weighted by Gasteiger charge is -2.20. The maximum Gasteiger partial charge on any atom is 0.142 e. The number of hydrogen-bond donors (Lipinski definition) is 1. The number of methoxy groups -OCH3 is 1. The molecule has 2 rings (SSSR count). The molecule has 1 aliphatic carbocycles. The summed E-state index contributed by atoms with van der Waals surface area (Å²) >= 11 is 6.01. The number of rotatable bonds is 4. The largest absolute Gasteiger partial charge is 0.496 e. The molecule has 0 aromatic heterocycles. The Kier molecular flexibility index (Phi) is 5.44. The summed E-state index contributed by atoms with van der Waals surface area (Å²) in [5.41, 5.74) is 7.00. The average molecular weight is 296 g/mol. The summed E-state index contributed by atoms with van der Waals surface area (Å²) in [6.45, 7) is 0. The number of benzene rings is 1. The van der Waals surface area contributed by atoms with Crippen LogP contribution in [-0.2, 0) is 11.2 Å². The van der Waals surface area contributed by atoms with Gasteiger partial charge in [-0.1, -0.05) is 30.9 Å². The third kappa shape index (κ3) is 3.74. The molecule has 0 amide bonds. The predicted octanol–water partition coefficient (Wildman–Crippen LogP) is 3.37. The molecule has 0 aliphatic heterocycles. The van der Waals surface area contributed by atoms with E-state index in [2.05, 4.69) is 0 Å². The highest BCUT2D eigenvalue weighted by Gasteiger charge is 2.27. The quantitative estimate of drug-likeness (QED) is 0.867. The number of halogens is 1. The minimum absolute atomic E-state index is 0.00446. The van der Waals surface area contributed by atoms with Crippen LogP contribution in [0.25, 0.3) is 0 Å². The molecular formula is C16H22ClNO2. The molecule has 1 aliphatic rings. The summed E-state index contributed by atoms with van der Waals surface area (Å²) in [6.07, 6.45) is 5.61. The third-order valence-corrected chi connectivity index (χ3v) is 4.33.